The van der Waals surface area contributed by atoms with Crippen LogP contribution in [0.2, 0.25) is 0 Å². The molecule has 0 aromatic heterocycles. The molecule has 21 heavy (non-hydrogen) atoms. The Morgan fingerprint density at radius 2 is 1.86 bits per heavy atom. The normalized spacial score (nSPS) is 22.6. The summed E-state index contributed by atoms with van der Waals surface area (Å²) >= 11 is 0. The molecular formula is C15H25ClN2O2S. The van der Waals surface area contributed by atoms with Crippen molar-refractivity contribution in [3.63, 3.8) is 0 Å². The third kappa shape index (κ3) is 3.59. The molecule has 1 atom stereocenters. The lowest BCUT2D eigenvalue weighted by atomic mass is 9.81. The van der Waals surface area contributed by atoms with E-state index in [-0.39, 0.29) is 23.9 Å². The fourth-order valence-corrected chi connectivity index (χ4v) is 4.27. The van der Waals surface area contributed by atoms with Gasteiger partial charge in [0.05, 0.1) is 4.90 Å². The zero-order valence-electron chi connectivity index (χ0n) is 13.1. The molecule has 1 aliphatic heterocycles. The van der Waals surface area contributed by atoms with Gasteiger partial charge in [-0.3, -0.25) is 0 Å². The number of benzene rings is 1. The van der Waals surface area contributed by atoms with Crippen LogP contribution in [0.1, 0.15) is 31.4 Å². The van der Waals surface area contributed by atoms with Crippen LogP contribution in [0, 0.1) is 19.3 Å². The maximum Gasteiger partial charge on any atom is 0.243 e. The summed E-state index contributed by atoms with van der Waals surface area (Å²) in [5.74, 6) is 0. The van der Waals surface area contributed by atoms with Gasteiger partial charge in [-0.2, -0.15) is 4.31 Å². The lowest BCUT2D eigenvalue weighted by Crippen LogP contribution is -2.53. The quantitative estimate of drug-likeness (QED) is 0.905. The van der Waals surface area contributed by atoms with Crippen LogP contribution >= 0.6 is 12.4 Å². The molecule has 0 radical (unpaired) electrons. The number of hydrogen-bond acceptors (Lipinski definition) is 3. The van der Waals surface area contributed by atoms with E-state index >= 15 is 0 Å². The third-order valence-corrected chi connectivity index (χ3v) is 6.23. The molecule has 1 saturated heterocycles. The van der Waals surface area contributed by atoms with E-state index in [1.807, 2.05) is 33.8 Å². The predicted octanol–water partition coefficient (Wildman–Crippen LogP) is 2.47. The van der Waals surface area contributed by atoms with Gasteiger partial charge in [0.1, 0.15) is 0 Å². The molecule has 1 heterocycles. The van der Waals surface area contributed by atoms with Crippen molar-refractivity contribution in [2.24, 2.45) is 11.1 Å². The molecule has 0 spiro atoms. The second kappa shape index (κ2) is 6.24. The molecule has 1 aromatic carbocycles. The van der Waals surface area contributed by atoms with Gasteiger partial charge in [0.25, 0.3) is 0 Å². The summed E-state index contributed by atoms with van der Waals surface area (Å²) in [6.45, 7) is 8.95. The summed E-state index contributed by atoms with van der Waals surface area (Å²) in [5, 5.41) is 0. The molecule has 0 aliphatic carbocycles. The summed E-state index contributed by atoms with van der Waals surface area (Å²) in [4.78, 5) is 0.381. The van der Waals surface area contributed by atoms with Crippen molar-refractivity contribution >= 4 is 22.4 Å². The smallest absolute Gasteiger partial charge is 0.243 e. The van der Waals surface area contributed by atoms with Gasteiger partial charge in [0.15, 0.2) is 0 Å². The van der Waals surface area contributed by atoms with Crippen LogP contribution in [0.25, 0.3) is 0 Å². The van der Waals surface area contributed by atoms with Gasteiger partial charge in [-0.05, 0) is 48.9 Å². The molecule has 0 saturated carbocycles. The zero-order valence-corrected chi connectivity index (χ0v) is 14.7. The fourth-order valence-electron chi connectivity index (χ4n) is 2.55. The van der Waals surface area contributed by atoms with E-state index in [0.29, 0.717) is 24.4 Å². The van der Waals surface area contributed by atoms with Crippen molar-refractivity contribution < 1.29 is 8.42 Å². The summed E-state index contributed by atoms with van der Waals surface area (Å²) in [7, 11) is -3.42. The number of nitrogens with zero attached hydrogens (tertiary/aromatic N) is 1. The molecule has 0 amide bonds. The van der Waals surface area contributed by atoms with Gasteiger partial charge >= 0.3 is 0 Å². The minimum absolute atomic E-state index is 0. The molecule has 2 N–H and O–H groups in total. The van der Waals surface area contributed by atoms with E-state index in [9.17, 15) is 8.42 Å². The minimum atomic E-state index is -3.42. The molecule has 1 fully saturated rings. The Hall–Kier alpha value is -0.620. The minimum Gasteiger partial charge on any atom is -0.327 e. The first kappa shape index (κ1) is 18.4. The standard InChI is InChI=1S/C15H24N2O2S.ClH/c1-11-5-6-13(9-12(11)2)20(18,19)17-8-7-14(16)15(3,4)10-17;/h5-6,9,14H,7-8,10,16H2,1-4H3;1H. The van der Waals surface area contributed by atoms with Gasteiger partial charge in [-0.1, -0.05) is 19.9 Å². The summed E-state index contributed by atoms with van der Waals surface area (Å²) in [6, 6.07) is 5.36. The van der Waals surface area contributed by atoms with E-state index in [1.165, 1.54) is 0 Å². The number of aryl methyl sites for hydroxylation is 2. The summed E-state index contributed by atoms with van der Waals surface area (Å²) in [6.07, 6.45) is 0.705. The Labute approximate surface area is 134 Å². The Kier molecular flexibility index (Phi) is 5.48. The van der Waals surface area contributed by atoms with Crippen LogP contribution in [-0.4, -0.2) is 31.9 Å². The van der Waals surface area contributed by atoms with Crippen molar-refractivity contribution in [1.82, 2.24) is 4.31 Å². The van der Waals surface area contributed by atoms with Crippen molar-refractivity contribution in [1.29, 1.82) is 0 Å². The van der Waals surface area contributed by atoms with Crippen LogP contribution < -0.4 is 5.73 Å². The van der Waals surface area contributed by atoms with Gasteiger partial charge < -0.3 is 5.73 Å². The Morgan fingerprint density at radius 1 is 1.24 bits per heavy atom. The largest absolute Gasteiger partial charge is 0.327 e. The molecule has 2 rings (SSSR count). The van der Waals surface area contributed by atoms with E-state index in [0.717, 1.165) is 11.1 Å². The van der Waals surface area contributed by atoms with Crippen LogP contribution in [0.5, 0.6) is 0 Å². The molecule has 4 nitrogen and oxygen atoms in total. The van der Waals surface area contributed by atoms with Crippen molar-refractivity contribution in [2.75, 3.05) is 13.1 Å². The monoisotopic (exact) mass is 332 g/mol. The second-order valence-electron chi connectivity index (χ2n) is 6.47. The van der Waals surface area contributed by atoms with E-state index in [1.54, 1.807) is 16.4 Å². The maximum absolute atomic E-state index is 12.7. The highest BCUT2D eigenvalue weighted by Crippen LogP contribution is 2.31. The van der Waals surface area contributed by atoms with Gasteiger partial charge in [-0.15, -0.1) is 12.4 Å². The van der Waals surface area contributed by atoms with Crippen LogP contribution in [0.15, 0.2) is 23.1 Å². The molecule has 120 valence electrons. The Balaban J connectivity index is 0.00000220. The highest BCUT2D eigenvalue weighted by Gasteiger charge is 2.38. The summed E-state index contributed by atoms with van der Waals surface area (Å²) in [5.41, 5.74) is 7.99. The van der Waals surface area contributed by atoms with Crippen molar-refractivity contribution in [3.8, 4) is 0 Å². The fraction of sp³-hybridized carbons (Fsp3) is 0.600. The number of halogens is 1. The number of rotatable bonds is 2. The first-order valence-electron chi connectivity index (χ1n) is 6.97. The number of piperidine rings is 1. The summed E-state index contributed by atoms with van der Waals surface area (Å²) < 4.78 is 27.0. The predicted molar refractivity (Wildman–Crippen MR) is 88.3 cm³/mol. The molecular weight excluding hydrogens is 308 g/mol. The molecule has 0 bridgehead atoms. The number of sulfonamides is 1. The van der Waals surface area contributed by atoms with Gasteiger partial charge in [0.2, 0.25) is 10.0 Å². The van der Waals surface area contributed by atoms with E-state index in [4.69, 9.17) is 5.73 Å². The van der Waals surface area contributed by atoms with Crippen molar-refractivity contribution in [2.45, 2.75) is 45.1 Å². The van der Waals surface area contributed by atoms with Gasteiger partial charge in [-0.25, -0.2) is 8.42 Å². The Morgan fingerprint density at radius 3 is 2.38 bits per heavy atom. The highest BCUT2D eigenvalue weighted by molar-refractivity contribution is 7.89. The Bertz CT molecular complexity index is 614. The average molecular weight is 333 g/mol. The number of nitrogens with two attached hydrogens (primary N) is 1. The SMILES string of the molecule is Cc1ccc(S(=O)(=O)N2CCC(N)C(C)(C)C2)cc1C.Cl. The van der Waals surface area contributed by atoms with Crippen LogP contribution in [0.3, 0.4) is 0 Å². The molecule has 1 aromatic rings. The molecule has 1 aliphatic rings. The molecule has 1 unspecified atom stereocenters. The average Bonchev–Trinajstić information content (AvgIpc) is 2.35. The van der Waals surface area contributed by atoms with Crippen molar-refractivity contribution in [3.05, 3.63) is 29.3 Å². The molecule has 6 heteroatoms. The second-order valence-corrected chi connectivity index (χ2v) is 8.41. The van der Waals surface area contributed by atoms with Crippen LogP contribution in [0.4, 0.5) is 0 Å². The first-order chi connectivity index (χ1) is 9.14. The van der Waals surface area contributed by atoms with E-state index < -0.39 is 10.0 Å². The third-order valence-electron chi connectivity index (χ3n) is 4.39. The lowest BCUT2D eigenvalue weighted by Gasteiger charge is -2.41. The van der Waals surface area contributed by atoms with Gasteiger partial charge in [0, 0.05) is 19.1 Å². The van der Waals surface area contributed by atoms with Crippen LogP contribution in [-0.2, 0) is 10.0 Å². The maximum atomic E-state index is 12.7. The number of hydrogen-bond donors (Lipinski definition) is 1. The first-order valence-corrected chi connectivity index (χ1v) is 8.41. The topological polar surface area (TPSA) is 63.4 Å². The van der Waals surface area contributed by atoms with E-state index in [2.05, 4.69) is 0 Å². The lowest BCUT2D eigenvalue weighted by molar-refractivity contribution is 0.155. The highest BCUT2D eigenvalue weighted by atomic mass is 35.5. The zero-order chi connectivity index (χ0) is 15.1.